The average molecular weight is 630 g/mol. The summed E-state index contributed by atoms with van der Waals surface area (Å²) in [6.07, 6.45) is 1.54. The van der Waals surface area contributed by atoms with E-state index in [4.69, 9.17) is 32.7 Å². The molecule has 1 amide bonds. The third kappa shape index (κ3) is 7.77. The van der Waals surface area contributed by atoms with Crippen molar-refractivity contribution in [1.29, 1.82) is 0 Å². The summed E-state index contributed by atoms with van der Waals surface area (Å²) in [7, 11) is 1.55. The van der Waals surface area contributed by atoms with Crippen LogP contribution in [0.5, 0.6) is 11.5 Å². The number of hydrogen-bond acceptors (Lipinski definition) is 5. The highest BCUT2D eigenvalue weighted by Gasteiger charge is 2.13. The second-order valence-corrected chi connectivity index (χ2v) is 10.8. The first-order valence-electron chi connectivity index (χ1n) is 11.5. The summed E-state index contributed by atoms with van der Waals surface area (Å²) in [5.41, 5.74) is 5.73. The van der Waals surface area contributed by atoms with Gasteiger partial charge in [0.1, 0.15) is 6.61 Å². The minimum absolute atomic E-state index is 0.234. The lowest BCUT2D eigenvalue weighted by Crippen LogP contribution is -2.17. The van der Waals surface area contributed by atoms with Crippen molar-refractivity contribution in [2.75, 3.05) is 7.11 Å². The number of hydrazone groups is 1. The molecule has 38 heavy (non-hydrogen) atoms. The molecule has 4 aromatic carbocycles. The Hall–Kier alpha value is -2.97. The van der Waals surface area contributed by atoms with Gasteiger partial charge in [-0.05, 0) is 75.6 Å². The molecule has 0 radical (unpaired) electrons. The zero-order valence-electron chi connectivity index (χ0n) is 20.3. The number of halogens is 3. The molecule has 0 aromatic heterocycles. The number of thioether (sulfide) groups is 1. The molecule has 0 atom stereocenters. The molecule has 0 saturated heterocycles. The van der Waals surface area contributed by atoms with Crippen LogP contribution < -0.4 is 14.9 Å². The monoisotopic (exact) mass is 628 g/mol. The van der Waals surface area contributed by atoms with Gasteiger partial charge in [-0.3, -0.25) is 4.79 Å². The van der Waals surface area contributed by atoms with E-state index in [-0.39, 0.29) is 12.5 Å². The van der Waals surface area contributed by atoms with Crippen LogP contribution in [0.15, 0.2) is 99.4 Å². The molecule has 194 valence electrons. The number of ether oxygens (including phenoxy) is 2. The van der Waals surface area contributed by atoms with Gasteiger partial charge < -0.3 is 9.47 Å². The van der Waals surface area contributed by atoms with Crippen LogP contribution in [0.2, 0.25) is 10.0 Å². The summed E-state index contributed by atoms with van der Waals surface area (Å²) < 4.78 is 12.1. The van der Waals surface area contributed by atoms with Crippen molar-refractivity contribution in [1.82, 2.24) is 5.43 Å². The Labute approximate surface area is 244 Å². The molecule has 1 N–H and O–H groups in total. The smallest absolute Gasteiger partial charge is 0.271 e. The highest BCUT2D eigenvalue weighted by atomic mass is 79.9. The lowest BCUT2D eigenvalue weighted by atomic mass is 10.1. The molecule has 5 nitrogen and oxygen atoms in total. The van der Waals surface area contributed by atoms with Crippen LogP contribution in [0.4, 0.5) is 0 Å². The molecule has 0 aliphatic carbocycles. The number of carbonyl (C=O) groups is 1. The van der Waals surface area contributed by atoms with Gasteiger partial charge in [-0.25, -0.2) is 5.43 Å². The second kappa shape index (κ2) is 13.7. The van der Waals surface area contributed by atoms with E-state index >= 15 is 0 Å². The van der Waals surface area contributed by atoms with E-state index in [9.17, 15) is 4.79 Å². The molecular weight excluding hydrogens is 607 g/mol. The van der Waals surface area contributed by atoms with Gasteiger partial charge in [-0.1, -0.05) is 59.6 Å². The van der Waals surface area contributed by atoms with Gasteiger partial charge in [0.05, 0.1) is 17.8 Å². The molecule has 0 aliphatic rings. The van der Waals surface area contributed by atoms with Crippen LogP contribution in [-0.4, -0.2) is 19.2 Å². The molecule has 9 heteroatoms. The Morgan fingerprint density at radius 3 is 2.50 bits per heavy atom. The van der Waals surface area contributed by atoms with Crippen LogP contribution in [0, 0.1) is 0 Å². The quantitative estimate of drug-likeness (QED) is 0.109. The topological polar surface area (TPSA) is 59.9 Å². The maximum Gasteiger partial charge on any atom is 0.271 e. The van der Waals surface area contributed by atoms with Gasteiger partial charge in [0.25, 0.3) is 5.91 Å². The van der Waals surface area contributed by atoms with Crippen molar-refractivity contribution in [3.8, 4) is 11.5 Å². The van der Waals surface area contributed by atoms with Gasteiger partial charge in [0.15, 0.2) is 11.5 Å². The van der Waals surface area contributed by atoms with E-state index in [1.165, 1.54) is 11.1 Å². The highest BCUT2D eigenvalue weighted by Crippen LogP contribution is 2.37. The largest absolute Gasteiger partial charge is 0.493 e. The minimum Gasteiger partial charge on any atom is -0.493 e. The van der Waals surface area contributed by atoms with Gasteiger partial charge in [0.2, 0.25) is 0 Å². The van der Waals surface area contributed by atoms with Gasteiger partial charge in [-0.15, -0.1) is 11.8 Å². The van der Waals surface area contributed by atoms with Crippen molar-refractivity contribution < 1.29 is 14.3 Å². The van der Waals surface area contributed by atoms with Crippen molar-refractivity contribution in [3.63, 3.8) is 0 Å². The first-order chi connectivity index (χ1) is 18.4. The van der Waals surface area contributed by atoms with E-state index in [1.807, 2.05) is 42.5 Å². The summed E-state index contributed by atoms with van der Waals surface area (Å²) in [4.78, 5) is 13.7. The third-order valence-corrected chi connectivity index (χ3v) is 7.64. The van der Waals surface area contributed by atoms with Gasteiger partial charge >= 0.3 is 0 Å². The summed E-state index contributed by atoms with van der Waals surface area (Å²) in [5.74, 6) is 1.55. The number of methoxy groups -OCH3 is 1. The Kier molecular flexibility index (Phi) is 10.1. The number of nitrogens with one attached hydrogen (secondary N) is 1. The number of benzene rings is 4. The van der Waals surface area contributed by atoms with Crippen LogP contribution >= 0.6 is 50.9 Å². The molecule has 0 heterocycles. The number of rotatable bonds is 10. The molecule has 0 spiro atoms. The average Bonchev–Trinajstić information content (AvgIpc) is 2.92. The summed E-state index contributed by atoms with van der Waals surface area (Å²) >= 11 is 17.5. The predicted molar refractivity (Wildman–Crippen MR) is 159 cm³/mol. The number of amides is 1. The number of carbonyl (C=O) groups excluding carboxylic acids is 1. The predicted octanol–water partition coefficient (Wildman–Crippen LogP) is 8.40. The van der Waals surface area contributed by atoms with Gasteiger partial charge in [-0.2, -0.15) is 5.10 Å². The Bertz CT molecular complexity index is 1430. The molecule has 0 aliphatic heterocycles. The zero-order valence-corrected chi connectivity index (χ0v) is 24.2. The Morgan fingerprint density at radius 2 is 1.79 bits per heavy atom. The maximum absolute atomic E-state index is 12.5. The van der Waals surface area contributed by atoms with E-state index in [0.717, 1.165) is 16.9 Å². The van der Waals surface area contributed by atoms with Crippen molar-refractivity contribution in [2.24, 2.45) is 5.10 Å². The van der Waals surface area contributed by atoms with E-state index in [2.05, 4.69) is 38.6 Å². The van der Waals surface area contributed by atoms with Crippen LogP contribution in [0.3, 0.4) is 0 Å². The van der Waals surface area contributed by atoms with E-state index < -0.39 is 0 Å². The van der Waals surface area contributed by atoms with Crippen molar-refractivity contribution in [3.05, 3.63) is 122 Å². The standard InChI is InChI=1S/C29H23BrCl2N2O3S/c1-36-27-14-20(13-25(30)28(27)37-17-22-11-12-23(31)15-26(22)32)16-33-34-29(35)21-9-7-19(8-10-21)18-38-24-5-3-2-4-6-24/h2-16H,17-18H2,1H3,(H,34,35)/b33-16-. The number of nitrogens with zero attached hydrogens (tertiary/aromatic N) is 1. The highest BCUT2D eigenvalue weighted by molar-refractivity contribution is 9.10. The van der Waals surface area contributed by atoms with Crippen molar-refractivity contribution >= 4 is 63.0 Å². The lowest BCUT2D eigenvalue weighted by Gasteiger charge is -2.14. The fraction of sp³-hybridized carbons (Fsp3) is 0.103. The molecule has 4 aromatic rings. The van der Waals surface area contributed by atoms with E-state index in [1.54, 1.807) is 49.2 Å². The fourth-order valence-corrected chi connectivity index (χ4v) is 5.32. The SMILES string of the molecule is COc1cc(/C=N\NC(=O)c2ccc(CSc3ccccc3)cc2)cc(Br)c1OCc1ccc(Cl)cc1Cl. The third-order valence-electron chi connectivity index (χ3n) is 5.38. The van der Waals surface area contributed by atoms with Crippen LogP contribution in [0.25, 0.3) is 0 Å². The second-order valence-electron chi connectivity index (χ2n) is 8.06. The van der Waals surface area contributed by atoms with Crippen molar-refractivity contribution in [2.45, 2.75) is 17.3 Å². The first kappa shape index (κ1) is 28.0. The normalized spacial score (nSPS) is 10.9. The van der Waals surface area contributed by atoms with E-state index in [0.29, 0.717) is 37.1 Å². The molecular formula is C29H23BrCl2N2O3S. The first-order valence-corrected chi connectivity index (χ1v) is 14.0. The Morgan fingerprint density at radius 1 is 1.03 bits per heavy atom. The molecule has 0 fully saturated rings. The summed E-state index contributed by atoms with van der Waals surface area (Å²) in [5, 5.41) is 5.18. The molecule has 4 rings (SSSR count). The fourth-order valence-electron chi connectivity index (χ4n) is 3.41. The minimum atomic E-state index is -0.297. The molecule has 0 bridgehead atoms. The molecule has 0 saturated carbocycles. The lowest BCUT2D eigenvalue weighted by molar-refractivity contribution is 0.0955. The zero-order chi connectivity index (χ0) is 26.9. The summed E-state index contributed by atoms with van der Waals surface area (Å²) in [6.45, 7) is 0.234. The van der Waals surface area contributed by atoms with Crippen LogP contribution in [0.1, 0.15) is 27.0 Å². The molecule has 0 unspecified atom stereocenters. The maximum atomic E-state index is 12.5. The van der Waals surface area contributed by atoms with Crippen LogP contribution in [-0.2, 0) is 12.4 Å². The summed E-state index contributed by atoms with van der Waals surface area (Å²) in [6, 6.07) is 26.5. The van der Waals surface area contributed by atoms with Gasteiger partial charge in [0, 0.05) is 31.8 Å². The number of hydrogen-bond donors (Lipinski definition) is 1. The Balaban J connectivity index is 1.34.